The van der Waals surface area contributed by atoms with Gasteiger partial charge in [-0.15, -0.1) is 0 Å². The molecule has 4 rings (SSSR count). The molecule has 7 heteroatoms. The number of imidazole rings is 1. The van der Waals surface area contributed by atoms with Crippen molar-refractivity contribution in [1.82, 2.24) is 19.5 Å². The Morgan fingerprint density at radius 3 is 2.62 bits per heavy atom. The van der Waals surface area contributed by atoms with Gasteiger partial charge in [-0.25, -0.2) is 4.98 Å². The number of fused-ring (bicyclic) bond motifs is 1. The van der Waals surface area contributed by atoms with Crippen LogP contribution < -0.4 is 16.4 Å². The average molecular weight is 358 g/mol. The maximum absolute atomic E-state index is 6.04. The van der Waals surface area contributed by atoms with Crippen LogP contribution in [0.2, 0.25) is 0 Å². The lowest BCUT2D eigenvalue weighted by Gasteiger charge is -2.27. The van der Waals surface area contributed by atoms with Crippen LogP contribution >= 0.6 is 0 Å². The summed E-state index contributed by atoms with van der Waals surface area (Å²) in [6.45, 7) is 3.05. The number of hydrogen-bond acceptors (Lipinski definition) is 6. The van der Waals surface area contributed by atoms with E-state index >= 15 is 0 Å². The van der Waals surface area contributed by atoms with Crippen LogP contribution in [0.5, 0.6) is 0 Å². The molecule has 4 N–H and O–H groups in total. The highest BCUT2D eigenvalue weighted by Crippen LogP contribution is 2.33. The number of anilines is 2. The molecule has 142 valence electrons. The Kier molecular flexibility index (Phi) is 5.24. The van der Waals surface area contributed by atoms with E-state index in [1.165, 1.54) is 25.7 Å². The number of nitrogens with two attached hydrogens (primary N) is 1. The van der Waals surface area contributed by atoms with Gasteiger partial charge < -0.3 is 20.9 Å². The molecule has 0 aliphatic heterocycles. The first-order valence-electron chi connectivity index (χ1n) is 10.2. The molecule has 0 amide bonds. The van der Waals surface area contributed by atoms with Crippen LogP contribution in [-0.4, -0.2) is 38.1 Å². The highest BCUT2D eigenvalue weighted by Gasteiger charge is 2.23. The standard InChI is InChI=1S/C19H31N7/c1-2-11-21-17-16-18(26(12-22-16)15-5-3-4-6-15)25-19(24-17)23-14-9-7-13(20)8-10-14/h12-15H,2-11,20H2,1H3,(H2,21,23,24,25). The van der Waals surface area contributed by atoms with E-state index in [9.17, 15) is 0 Å². The Bertz CT molecular complexity index is 727. The van der Waals surface area contributed by atoms with E-state index in [0.29, 0.717) is 18.1 Å². The van der Waals surface area contributed by atoms with Crippen molar-refractivity contribution in [3.8, 4) is 0 Å². The third-order valence-corrected chi connectivity index (χ3v) is 5.79. The largest absolute Gasteiger partial charge is 0.368 e. The molecule has 2 aromatic rings. The fourth-order valence-corrected chi connectivity index (χ4v) is 4.24. The molecule has 2 aromatic heterocycles. The van der Waals surface area contributed by atoms with E-state index in [-0.39, 0.29) is 0 Å². The summed E-state index contributed by atoms with van der Waals surface area (Å²) >= 11 is 0. The van der Waals surface area contributed by atoms with Gasteiger partial charge in [0.2, 0.25) is 5.95 Å². The zero-order valence-electron chi connectivity index (χ0n) is 15.7. The van der Waals surface area contributed by atoms with Crippen molar-refractivity contribution in [3.05, 3.63) is 6.33 Å². The molecule has 2 heterocycles. The number of hydrogen-bond donors (Lipinski definition) is 3. The summed E-state index contributed by atoms with van der Waals surface area (Å²) in [5.41, 5.74) is 7.89. The molecule has 2 fully saturated rings. The lowest BCUT2D eigenvalue weighted by Crippen LogP contribution is -2.33. The summed E-state index contributed by atoms with van der Waals surface area (Å²) in [6, 6.07) is 1.28. The second-order valence-electron chi connectivity index (χ2n) is 7.84. The maximum atomic E-state index is 6.04. The van der Waals surface area contributed by atoms with E-state index in [0.717, 1.165) is 61.6 Å². The van der Waals surface area contributed by atoms with E-state index in [4.69, 9.17) is 15.7 Å². The topological polar surface area (TPSA) is 93.7 Å². The van der Waals surface area contributed by atoms with Crippen molar-refractivity contribution < 1.29 is 0 Å². The fourth-order valence-electron chi connectivity index (χ4n) is 4.24. The third-order valence-electron chi connectivity index (χ3n) is 5.79. The van der Waals surface area contributed by atoms with E-state index < -0.39 is 0 Å². The number of nitrogens with zero attached hydrogens (tertiary/aromatic N) is 4. The Balaban J connectivity index is 1.64. The second kappa shape index (κ2) is 7.78. The van der Waals surface area contributed by atoms with Crippen LogP contribution in [0, 0.1) is 0 Å². The number of nitrogens with one attached hydrogen (secondary N) is 2. The summed E-state index contributed by atoms with van der Waals surface area (Å²) in [5, 5.41) is 7.00. The lowest BCUT2D eigenvalue weighted by molar-refractivity contribution is 0.410. The molecule has 0 unspecified atom stereocenters. The van der Waals surface area contributed by atoms with Crippen molar-refractivity contribution in [2.24, 2.45) is 5.73 Å². The lowest BCUT2D eigenvalue weighted by atomic mass is 9.92. The highest BCUT2D eigenvalue weighted by molar-refractivity contribution is 5.84. The quantitative estimate of drug-likeness (QED) is 0.733. The normalized spacial score (nSPS) is 24.2. The zero-order chi connectivity index (χ0) is 17.9. The summed E-state index contributed by atoms with van der Waals surface area (Å²) in [5.74, 6) is 1.57. The molecule has 0 spiro atoms. The smallest absolute Gasteiger partial charge is 0.227 e. The fraction of sp³-hybridized carbons (Fsp3) is 0.737. The second-order valence-corrected chi connectivity index (χ2v) is 7.84. The van der Waals surface area contributed by atoms with Crippen LogP contribution in [0.1, 0.15) is 70.8 Å². The molecular formula is C19H31N7. The molecule has 2 aliphatic rings. The molecule has 2 aliphatic carbocycles. The van der Waals surface area contributed by atoms with Gasteiger partial charge >= 0.3 is 0 Å². The summed E-state index contributed by atoms with van der Waals surface area (Å²) in [7, 11) is 0. The Labute approximate surface area is 155 Å². The monoisotopic (exact) mass is 357 g/mol. The minimum atomic E-state index is 0.349. The first-order chi connectivity index (χ1) is 12.7. The van der Waals surface area contributed by atoms with Crippen molar-refractivity contribution in [1.29, 1.82) is 0 Å². The molecular weight excluding hydrogens is 326 g/mol. The van der Waals surface area contributed by atoms with E-state index in [1.807, 2.05) is 6.33 Å². The van der Waals surface area contributed by atoms with Gasteiger partial charge in [-0.05, 0) is 44.9 Å². The Hall–Kier alpha value is -1.89. The van der Waals surface area contributed by atoms with Crippen LogP contribution in [0.15, 0.2) is 6.33 Å². The van der Waals surface area contributed by atoms with Crippen molar-refractivity contribution in [2.75, 3.05) is 17.2 Å². The Morgan fingerprint density at radius 2 is 1.88 bits per heavy atom. The van der Waals surface area contributed by atoms with Gasteiger partial charge in [-0.1, -0.05) is 19.8 Å². The highest BCUT2D eigenvalue weighted by atomic mass is 15.2. The van der Waals surface area contributed by atoms with Crippen molar-refractivity contribution in [2.45, 2.75) is 82.8 Å². The van der Waals surface area contributed by atoms with Gasteiger partial charge in [0.05, 0.1) is 6.33 Å². The minimum Gasteiger partial charge on any atom is -0.368 e. The van der Waals surface area contributed by atoms with Crippen molar-refractivity contribution >= 4 is 22.9 Å². The van der Waals surface area contributed by atoms with Gasteiger partial charge in [-0.2, -0.15) is 9.97 Å². The van der Waals surface area contributed by atoms with Gasteiger partial charge in [0.1, 0.15) is 0 Å². The molecule has 26 heavy (non-hydrogen) atoms. The molecule has 2 saturated carbocycles. The SMILES string of the molecule is CCCNc1nc(NC2CCC(N)CC2)nc2c1ncn2C1CCCC1. The molecule has 0 saturated heterocycles. The molecule has 0 bridgehead atoms. The minimum absolute atomic E-state index is 0.349. The van der Waals surface area contributed by atoms with Gasteiger partial charge in [0.15, 0.2) is 17.0 Å². The zero-order valence-corrected chi connectivity index (χ0v) is 15.7. The first-order valence-corrected chi connectivity index (χ1v) is 10.2. The first kappa shape index (κ1) is 17.5. The predicted octanol–water partition coefficient (Wildman–Crippen LogP) is 3.45. The van der Waals surface area contributed by atoms with Gasteiger partial charge in [-0.3, -0.25) is 0 Å². The number of rotatable bonds is 6. The van der Waals surface area contributed by atoms with E-state index in [1.54, 1.807) is 0 Å². The summed E-state index contributed by atoms with van der Waals surface area (Å²) in [4.78, 5) is 14.3. The van der Waals surface area contributed by atoms with Crippen LogP contribution in [0.25, 0.3) is 11.2 Å². The van der Waals surface area contributed by atoms with Gasteiger partial charge in [0, 0.05) is 24.7 Å². The predicted molar refractivity (Wildman–Crippen MR) is 105 cm³/mol. The molecule has 0 aromatic carbocycles. The summed E-state index contributed by atoms with van der Waals surface area (Å²) < 4.78 is 2.27. The number of aromatic nitrogens is 4. The van der Waals surface area contributed by atoms with Crippen LogP contribution in [0.3, 0.4) is 0 Å². The van der Waals surface area contributed by atoms with Crippen LogP contribution in [0.4, 0.5) is 11.8 Å². The van der Waals surface area contributed by atoms with E-state index in [2.05, 4.69) is 27.1 Å². The van der Waals surface area contributed by atoms with Crippen molar-refractivity contribution in [3.63, 3.8) is 0 Å². The average Bonchev–Trinajstić information content (AvgIpc) is 3.31. The third kappa shape index (κ3) is 3.63. The molecule has 0 atom stereocenters. The van der Waals surface area contributed by atoms with Crippen LogP contribution in [-0.2, 0) is 0 Å². The van der Waals surface area contributed by atoms with Gasteiger partial charge in [0.25, 0.3) is 0 Å². The molecule has 0 radical (unpaired) electrons. The summed E-state index contributed by atoms with van der Waals surface area (Å²) in [6.07, 6.45) is 12.3. The maximum Gasteiger partial charge on any atom is 0.227 e. The Morgan fingerprint density at radius 1 is 1.12 bits per heavy atom. The molecule has 7 nitrogen and oxygen atoms in total.